The van der Waals surface area contributed by atoms with E-state index in [-0.39, 0.29) is 12.1 Å². The quantitative estimate of drug-likeness (QED) is 0.886. The second-order valence-electron chi connectivity index (χ2n) is 6.35. The van der Waals surface area contributed by atoms with Crippen molar-refractivity contribution in [3.8, 4) is 0 Å². The third-order valence-corrected chi connectivity index (χ3v) is 4.77. The topological polar surface area (TPSA) is 71.2 Å². The fraction of sp³-hybridized carbons (Fsp3) is 0.867. The second-order valence-corrected chi connectivity index (χ2v) is 6.35. The molecule has 0 radical (unpaired) electrons. The number of β-amino-alcohol motifs (C(OH)–C–C–N with tert-alkyl or cyclic N) is 1. The van der Waals surface area contributed by atoms with Gasteiger partial charge in [-0.2, -0.15) is 4.98 Å². The monoisotopic (exact) mass is 279 g/mol. The number of nitrogens with zero attached hydrogens (tertiary/aromatic N) is 2. The molecule has 1 aliphatic carbocycles. The van der Waals surface area contributed by atoms with Gasteiger partial charge in [0.1, 0.15) is 0 Å². The molecule has 0 aromatic carbocycles. The maximum Gasteiger partial charge on any atom is 0.243 e. The van der Waals surface area contributed by atoms with Crippen LogP contribution in [0.5, 0.6) is 0 Å². The molecule has 112 valence electrons. The Morgan fingerprint density at radius 2 is 2.10 bits per heavy atom. The Balaban J connectivity index is 1.57. The van der Waals surface area contributed by atoms with E-state index in [1.165, 1.54) is 38.5 Å². The molecule has 1 saturated carbocycles. The van der Waals surface area contributed by atoms with Gasteiger partial charge in [0.05, 0.1) is 12.1 Å². The zero-order chi connectivity index (χ0) is 13.9. The molecule has 20 heavy (non-hydrogen) atoms. The zero-order valence-corrected chi connectivity index (χ0v) is 12.2. The molecule has 5 heteroatoms. The van der Waals surface area contributed by atoms with Crippen LogP contribution in [0.2, 0.25) is 0 Å². The van der Waals surface area contributed by atoms with Crippen LogP contribution in [0.3, 0.4) is 0 Å². The van der Waals surface area contributed by atoms with Gasteiger partial charge in [-0.15, -0.1) is 0 Å². The number of hydrogen-bond donors (Lipinski definition) is 2. The third kappa shape index (κ3) is 3.04. The highest BCUT2D eigenvalue weighted by Gasteiger charge is 2.30. The largest absolute Gasteiger partial charge is 0.392 e. The first-order valence-electron chi connectivity index (χ1n) is 8.01. The van der Waals surface area contributed by atoms with Gasteiger partial charge in [-0.1, -0.05) is 24.9 Å². The summed E-state index contributed by atoms with van der Waals surface area (Å²) in [6.07, 6.45) is 7.98. The molecule has 0 unspecified atom stereocenters. The predicted molar refractivity (Wildman–Crippen MR) is 75.3 cm³/mol. The van der Waals surface area contributed by atoms with Crippen molar-refractivity contribution < 1.29 is 9.63 Å². The van der Waals surface area contributed by atoms with Gasteiger partial charge in [-0.3, -0.25) is 0 Å². The minimum Gasteiger partial charge on any atom is -0.392 e. The molecular formula is C15H25N3O2. The lowest BCUT2D eigenvalue weighted by molar-refractivity contribution is 0.191. The van der Waals surface area contributed by atoms with E-state index in [0.29, 0.717) is 24.8 Å². The number of aliphatic hydroxyl groups is 1. The third-order valence-electron chi connectivity index (χ3n) is 4.77. The summed E-state index contributed by atoms with van der Waals surface area (Å²) in [6, 6.07) is 0.0303. The van der Waals surface area contributed by atoms with Crippen LogP contribution in [0, 0.1) is 5.92 Å². The molecule has 0 spiro atoms. The molecule has 2 aliphatic rings. The molecule has 1 saturated heterocycles. The van der Waals surface area contributed by atoms with E-state index in [0.717, 1.165) is 11.7 Å². The molecule has 1 aliphatic heterocycles. The summed E-state index contributed by atoms with van der Waals surface area (Å²) < 4.78 is 5.39. The summed E-state index contributed by atoms with van der Waals surface area (Å²) in [7, 11) is 0. The Labute approximate surface area is 120 Å². The average molecular weight is 279 g/mol. The van der Waals surface area contributed by atoms with Gasteiger partial charge < -0.3 is 14.9 Å². The van der Waals surface area contributed by atoms with Crippen molar-refractivity contribution >= 4 is 0 Å². The molecule has 2 N–H and O–H groups in total. The summed E-state index contributed by atoms with van der Waals surface area (Å²) in [5.41, 5.74) is 0. The molecule has 2 fully saturated rings. The van der Waals surface area contributed by atoms with Crippen LogP contribution in [-0.4, -0.2) is 27.9 Å². The highest BCUT2D eigenvalue weighted by atomic mass is 16.5. The Hall–Kier alpha value is -0.940. The highest BCUT2D eigenvalue weighted by molar-refractivity contribution is 5.02. The Morgan fingerprint density at radius 1 is 1.30 bits per heavy atom. The Bertz CT molecular complexity index is 427. The van der Waals surface area contributed by atoms with Crippen LogP contribution >= 0.6 is 0 Å². The molecule has 1 aromatic rings. The summed E-state index contributed by atoms with van der Waals surface area (Å²) in [6.45, 7) is 2.88. The molecule has 2 heterocycles. The van der Waals surface area contributed by atoms with Crippen molar-refractivity contribution in [1.29, 1.82) is 0 Å². The number of nitrogens with one attached hydrogen (secondary N) is 1. The van der Waals surface area contributed by atoms with E-state index in [1.807, 2.05) is 0 Å². The molecule has 0 bridgehead atoms. The highest BCUT2D eigenvalue weighted by Crippen LogP contribution is 2.36. The summed E-state index contributed by atoms with van der Waals surface area (Å²) in [4.78, 5) is 4.57. The predicted octanol–water partition coefficient (Wildman–Crippen LogP) is 2.54. The van der Waals surface area contributed by atoms with Gasteiger partial charge in [-0.25, -0.2) is 0 Å². The van der Waals surface area contributed by atoms with Crippen molar-refractivity contribution in [3.05, 3.63) is 11.7 Å². The lowest BCUT2D eigenvalue weighted by Gasteiger charge is -2.26. The van der Waals surface area contributed by atoms with Crippen LogP contribution in [-0.2, 0) is 0 Å². The van der Waals surface area contributed by atoms with Crippen molar-refractivity contribution in [2.24, 2.45) is 5.92 Å². The SMILES string of the molecule is CCCC1CCC(c2noc([C@@H]3C[C@H](O)CN3)n2)CC1. The van der Waals surface area contributed by atoms with Crippen LogP contribution < -0.4 is 5.32 Å². The maximum absolute atomic E-state index is 9.54. The molecule has 3 rings (SSSR count). The Morgan fingerprint density at radius 3 is 2.75 bits per heavy atom. The number of hydrogen-bond acceptors (Lipinski definition) is 5. The van der Waals surface area contributed by atoms with Gasteiger partial charge in [0, 0.05) is 12.5 Å². The van der Waals surface area contributed by atoms with Gasteiger partial charge in [0.2, 0.25) is 5.89 Å². The maximum atomic E-state index is 9.54. The van der Waals surface area contributed by atoms with Crippen LogP contribution in [0.25, 0.3) is 0 Å². The molecule has 1 aromatic heterocycles. The van der Waals surface area contributed by atoms with E-state index >= 15 is 0 Å². The molecule has 0 amide bonds. The van der Waals surface area contributed by atoms with Gasteiger partial charge in [0.15, 0.2) is 5.82 Å². The minimum atomic E-state index is -0.292. The van der Waals surface area contributed by atoms with Gasteiger partial charge in [0.25, 0.3) is 0 Å². The molecule has 5 nitrogen and oxygen atoms in total. The van der Waals surface area contributed by atoms with Crippen molar-refractivity contribution in [2.45, 2.75) is 69.9 Å². The van der Waals surface area contributed by atoms with Gasteiger partial charge >= 0.3 is 0 Å². The van der Waals surface area contributed by atoms with Crippen molar-refractivity contribution in [2.75, 3.05) is 6.54 Å². The first-order chi connectivity index (χ1) is 9.76. The van der Waals surface area contributed by atoms with Gasteiger partial charge in [-0.05, 0) is 38.0 Å². The van der Waals surface area contributed by atoms with Crippen molar-refractivity contribution in [3.63, 3.8) is 0 Å². The van der Waals surface area contributed by atoms with E-state index in [4.69, 9.17) is 4.52 Å². The Kier molecular flexibility index (Phi) is 4.36. The van der Waals surface area contributed by atoms with E-state index in [2.05, 4.69) is 22.4 Å². The molecule has 2 atom stereocenters. The first kappa shape index (κ1) is 14.0. The summed E-state index contributed by atoms with van der Waals surface area (Å²) in [5, 5.41) is 16.9. The van der Waals surface area contributed by atoms with Crippen LogP contribution in [0.1, 0.15) is 75.5 Å². The van der Waals surface area contributed by atoms with Crippen molar-refractivity contribution in [1.82, 2.24) is 15.5 Å². The summed E-state index contributed by atoms with van der Waals surface area (Å²) in [5.74, 6) is 2.88. The number of aliphatic hydroxyl groups excluding tert-OH is 1. The smallest absolute Gasteiger partial charge is 0.243 e. The fourth-order valence-electron chi connectivity index (χ4n) is 3.58. The lowest BCUT2D eigenvalue weighted by atomic mass is 9.80. The van der Waals surface area contributed by atoms with Crippen LogP contribution in [0.15, 0.2) is 4.52 Å². The number of rotatable bonds is 4. The normalized spacial score (nSPS) is 34.5. The molecular weight excluding hydrogens is 254 g/mol. The van der Waals surface area contributed by atoms with E-state index in [9.17, 15) is 5.11 Å². The summed E-state index contributed by atoms with van der Waals surface area (Å²) >= 11 is 0. The van der Waals surface area contributed by atoms with E-state index in [1.54, 1.807) is 0 Å². The number of aromatic nitrogens is 2. The standard InChI is InChI=1S/C15H25N3O2/c1-2-3-10-4-6-11(7-5-10)14-17-15(20-18-14)13-8-12(19)9-16-13/h10-13,16,19H,2-9H2,1H3/t10?,11?,12-,13-/m0/s1. The fourth-order valence-corrected chi connectivity index (χ4v) is 3.58. The average Bonchev–Trinajstić information content (AvgIpc) is 3.09. The lowest BCUT2D eigenvalue weighted by Crippen LogP contribution is -2.16. The first-order valence-corrected chi connectivity index (χ1v) is 8.01. The van der Waals surface area contributed by atoms with E-state index < -0.39 is 0 Å². The minimum absolute atomic E-state index is 0.0303. The zero-order valence-electron chi connectivity index (χ0n) is 12.2. The second kappa shape index (κ2) is 6.22. The van der Waals surface area contributed by atoms with Crippen LogP contribution in [0.4, 0.5) is 0 Å².